The standard InChI is InChI=1S/C6H14N2/c1-4-6(2)5-8(3)7/h4,6H,1,5,7H2,2-3H3. The van der Waals surface area contributed by atoms with Gasteiger partial charge in [0.05, 0.1) is 0 Å². The molecule has 0 aromatic carbocycles. The molecule has 0 aliphatic carbocycles. The van der Waals surface area contributed by atoms with Crippen molar-refractivity contribution in [3.63, 3.8) is 0 Å². The molecule has 1 unspecified atom stereocenters. The fraction of sp³-hybridized carbons (Fsp3) is 0.667. The van der Waals surface area contributed by atoms with E-state index in [-0.39, 0.29) is 0 Å². The Morgan fingerprint density at radius 1 is 1.88 bits per heavy atom. The number of nitrogens with two attached hydrogens (primary N) is 1. The van der Waals surface area contributed by atoms with Crippen LogP contribution in [0.2, 0.25) is 0 Å². The van der Waals surface area contributed by atoms with Crippen LogP contribution in [0.15, 0.2) is 12.7 Å². The van der Waals surface area contributed by atoms with Gasteiger partial charge >= 0.3 is 0 Å². The van der Waals surface area contributed by atoms with Crippen LogP contribution in [0.1, 0.15) is 6.92 Å². The first-order chi connectivity index (χ1) is 3.66. The molecule has 2 heteroatoms. The molecular formula is C6H14N2. The molecule has 8 heavy (non-hydrogen) atoms. The largest absolute Gasteiger partial charge is 0.269 e. The molecule has 0 aromatic rings. The number of nitrogens with zero attached hydrogens (tertiary/aromatic N) is 1. The highest BCUT2D eigenvalue weighted by atomic mass is 15.4. The SMILES string of the molecule is C=CC(C)CN(C)N. The molecule has 0 aliphatic rings. The minimum absolute atomic E-state index is 0.491. The Bertz CT molecular complexity index is 68.9. The Morgan fingerprint density at radius 2 is 2.38 bits per heavy atom. The van der Waals surface area contributed by atoms with Crippen molar-refractivity contribution in [3.05, 3.63) is 12.7 Å². The first kappa shape index (κ1) is 7.66. The fourth-order valence-electron chi connectivity index (χ4n) is 0.529. The smallest absolute Gasteiger partial charge is 0.0185 e. The summed E-state index contributed by atoms with van der Waals surface area (Å²) >= 11 is 0. The number of hydrogen-bond donors (Lipinski definition) is 1. The summed E-state index contributed by atoms with van der Waals surface area (Å²) in [7, 11) is 1.85. The van der Waals surface area contributed by atoms with Crippen molar-refractivity contribution in [3.8, 4) is 0 Å². The molecule has 0 spiro atoms. The number of hydrazine groups is 1. The van der Waals surface area contributed by atoms with Gasteiger partial charge in [0.25, 0.3) is 0 Å². The van der Waals surface area contributed by atoms with Crippen LogP contribution >= 0.6 is 0 Å². The van der Waals surface area contributed by atoms with Crippen molar-refractivity contribution in [2.75, 3.05) is 13.6 Å². The molecule has 0 amide bonds. The van der Waals surface area contributed by atoms with Gasteiger partial charge < -0.3 is 0 Å². The van der Waals surface area contributed by atoms with Crippen LogP contribution in [0.4, 0.5) is 0 Å². The highest BCUT2D eigenvalue weighted by Gasteiger charge is 1.95. The van der Waals surface area contributed by atoms with Gasteiger partial charge in [-0.15, -0.1) is 6.58 Å². The van der Waals surface area contributed by atoms with E-state index in [4.69, 9.17) is 5.84 Å². The minimum Gasteiger partial charge on any atom is -0.269 e. The lowest BCUT2D eigenvalue weighted by molar-refractivity contribution is 0.320. The second kappa shape index (κ2) is 3.64. The second-order valence-electron chi connectivity index (χ2n) is 2.15. The quantitative estimate of drug-likeness (QED) is 0.331. The first-order valence-electron chi connectivity index (χ1n) is 2.75. The van der Waals surface area contributed by atoms with Gasteiger partial charge in [-0.25, -0.2) is 5.01 Å². The maximum atomic E-state index is 5.35. The summed E-state index contributed by atoms with van der Waals surface area (Å²) in [6, 6.07) is 0. The molecule has 0 aliphatic heterocycles. The van der Waals surface area contributed by atoms with E-state index in [0.29, 0.717) is 5.92 Å². The number of rotatable bonds is 3. The van der Waals surface area contributed by atoms with Crippen molar-refractivity contribution < 1.29 is 0 Å². The lowest BCUT2D eigenvalue weighted by Crippen LogP contribution is -2.29. The van der Waals surface area contributed by atoms with E-state index in [9.17, 15) is 0 Å². The van der Waals surface area contributed by atoms with Crippen LogP contribution < -0.4 is 5.84 Å². The summed E-state index contributed by atoms with van der Waals surface area (Å²) in [6.07, 6.45) is 1.89. The molecule has 0 saturated carbocycles. The van der Waals surface area contributed by atoms with Crippen molar-refractivity contribution in [1.82, 2.24) is 5.01 Å². The molecule has 48 valence electrons. The Labute approximate surface area is 50.9 Å². The van der Waals surface area contributed by atoms with E-state index in [1.165, 1.54) is 0 Å². The molecule has 2 N–H and O–H groups in total. The minimum atomic E-state index is 0.491. The fourth-order valence-corrected chi connectivity index (χ4v) is 0.529. The maximum Gasteiger partial charge on any atom is 0.0185 e. The third-order valence-corrected chi connectivity index (χ3v) is 0.978. The van der Waals surface area contributed by atoms with E-state index in [2.05, 4.69) is 13.5 Å². The monoisotopic (exact) mass is 114 g/mol. The van der Waals surface area contributed by atoms with Crippen molar-refractivity contribution in [2.24, 2.45) is 11.8 Å². The van der Waals surface area contributed by atoms with E-state index in [0.717, 1.165) is 6.54 Å². The van der Waals surface area contributed by atoms with E-state index >= 15 is 0 Å². The molecule has 1 atom stereocenters. The summed E-state index contributed by atoms with van der Waals surface area (Å²) < 4.78 is 0. The molecule has 2 nitrogen and oxygen atoms in total. The van der Waals surface area contributed by atoms with Crippen LogP contribution in [0.3, 0.4) is 0 Å². The van der Waals surface area contributed by atoms with Crippen LogP contribution in [-0.2, 0) is 0 Å². The molecule has 0 saturated heterocycles. The van der Waals surface area contributed by atoms with Gasteiger partial charge in [-0.2, -0.15) is 0 Å². The summed E-state index contributed by atoms with van der Waals surface area (Å²) in [6.45, 7) is 6.59. The lowest BCUT2D eigenvalue weighted by Gasteiger charge is -2.11. The predicted molar refractivity (Wildman–Crippen MR) is 36.2 cm³/mol. The highest BCUT2D eigenvalue weighted by Crippen LogP contribution is 1.93. The zero-order chi connectivity index (χ0) is 6.57. The van der Waals surface area contributed by atoms with E-state index < -0.39 is 0 Å². The normalized spacial score (nSPS) is 14.0. The van der Waals surface area contributed by atoms with Gasteiger partial charge in [0.1, 0.15) is 0 Å². The van der Waals surface area contributed by atoms with E-state index in [1.54, 1.807) is 5.01 Å². The molecule has 0 radical (unpaired) electrons. The molecule has 0 bridgehead atoms. The highest BCUT2D eigenvalue weighted by molar-refractivity contribution is 4.75. The van der Waals surface area contributed by atoms with Crippen molar-refractivity contribution >= 4 is 0 Å². The van der Waals surface area contributed by atoms with Crippen LogP contribution in [0.25, 0.3) is 0 Å². The third kappa shape index (κ3) is 3.84. The van der Waals surface area contributed by atoms with Crippen molar-refractivity contribution in [1.29, 1.82) is 0 Å². The third-order valence-electron chi connectivity index (χ3n) is 0.978. The average molecular weight is 114 g/mol. The zero-order valence-corrected chi connectivity index (χ0v) is 5.59. The zero-order valence-electron chi connectivity index (χ0n) is 5.59. The molecule has 0 rings (SSSR count). The van der Waals surface area contributed by atoms with Gasteiger partial charge in [-0.1, -0.05) is 13.0 Å². The molecule has 0 heterocycles. The summed E-state index contributed by atoms with van der Waals surface area (Å²) in [5.41, 5.74) is 0. The molecular weight excluding hydrogens is 100 g/mol. The van der Waals surface area contributed by atoms with Crippen molar-refractivity contribution in [2.45, 2.75) is 6.92 Å². The summed E-state index contributed by atoms with van der Waals surface area (Å²) in [5.74, 6) is 5.85. The first-order valence-corrected chi connectivity index (χ1v) is 2.75. The maximum absolute atomic E-state index is 5.35. The van der Waals surface area contributed by atoms with Gasteiger partial charge in [0, 0.05) is 13.6 Å². The van der Waals surface area contributed by atoms with Gasteiger partial charge in [0.15, 0.2) is 0 Å². The number of hydrogen-bond acceptors (Lipinski definition) is 2. The summed E-state index contributed by atoms with van der Waals surface area (Å²) in [5, 5.41) is 1.66. The molecule has 0 aromatic heterocycles. The van der Waals surface area contributed by atoms with E-state index in [1.807, 2.05) is 13.1 Å². The lowest BCUT2D eigenvalue weighted by atomic mass is 10.2. The Hall–Kier alpha value is -0.340. The van der Waals surface area contributed by atoms with Gasteiger partial charge in [-0.3, -0.25) is 5.84 Å². The van der Waals surface area contributed by atoms with Crippen LogP contribution in [-0.4, -0.2) is 18.6 Å². The predicted octanol–water partition coefficient (Wildman–Crippen LogP) is 0.614. The van der Waals surface area contributed by atoms with Crippen LogP contribution in [0.5, 0.6) is 0 Å². The molecule has 0 fully saturated rings. The second-order valence-corrected chi connectivity index (χ2v) is 2.15. The Balaban J connectivity index is 3.23. The van der Waals surface area contributed by atoms with Gasteiger partial charge in [-0.05, 0) is 5.92 Å². The van der Waals surface area contributed by atoms with Gasteiger partial charge in [0.2, 0.25) is 0 Å². The Kier molecular flexibility index (Phi) is 3.48. The Morgan fingerprint density at radius 3 is 2.50 bits per heavy atom. The topological polar surface area (TPSA) is 29.3 Å². The van der Waals surface area contributed by atoms with Crippen LogP contribution in [0, 0.1) is 5.92 Å². The summed E-state index contributed by atoms with van der Waals surface area (Å²) in [4.78, 5) is 0. The average Bonchev–Trinajstić information content (AvgIpc) is 1.65.